The Hall–Kier alpha value is -1.36. The highest BCUT2D eigenvalue weighted by Gasteiger charge is 2.25. The first-order valence-corrected chi connectivity index (χ1v) is 5.18. The van der Waals surface area contributed by atoms with Gasteiger partial charge in [-0.1, -0.05) is 6.92 Å². The molecule has 82 valence electrons. The van der Waals surface area contributed by atoms with E-state index in [1.54, 1.807) is 12.3 Å². The van der Waals surface area contributed by atoms with Crippen molar-refractivity contribution in [1.82, 2.24) is 9.97 Å². The van der Waals surface area contributed by atoms with Gasteiger partial charge in [-0.3, -0.25) is 0 Å². The predicted octanol–water partition coefficient (Wildman–Crippen LogP) is 0.266. The standard InChI is InChI=1S/C10H16N4O/c1-7-6-14(5-3-8(7)15)10-12-4-2-9(11)13-10/h2,4,7-8,15H,3,5-6H2,1H3,(H2,11,12,13)/t7-,8-/m1/s1. The van der Waals surface area contributed by atoms with Gasteiger partial charge < -0.3 is 15.7 Å². The fourth-order valence-corrected chi connectivity index (χ4v) is 1.83. The minimum Gasteiger partial charge on any atom is -0.393 e. The second-order valence-electron chi connectivity index (χ2n) is 4.06. The number of nitrogen functional groups attached to an aromatic ring is 1. The lowest BCUT2D eigenvalue weighted by Gasteiger charge is -2.34. The van der Waals surface area contributed by atoms with Crippen LogP contribution in [0.15, 0.2) is 12.3 Å². The average molecular weight is 208 g/mol. The van der Waals surface area contributed by atoms with Crippen molar-refractivity contribution in [3.63, 3.8) is 0 Å². The molecule has 0 radical (unpaired) electrons. The zero-order valence-corrected chi connectivity index (χ0v) is 8.80. The summed E-state index contributed by atoms with van der Waals surface area (Å²) >= 11 is 0. The van der Waals surface area contributed by atoms with Gasteiger partial charge in [0, 0.05) is 19.3 Å². The molecule has 0 aromatic carbocycles. The van der Waals surface area contributed by atoms with Crippen LogP contribution in [0.1, 0.15) is 13.3 Å². The third-order valence-corrected chi connectivity index (χ3v) is 2.81. The minimum absolute atomic E-state index is 0.206. The molecule has 0 aliphatic carbocycles. The van der Waals surface area contributed by atoms with Crippen molar-refractivity contribution in [2.75, 3.05) is 23.7 Å². The molecule has 15 heavy (non-hydrogen) atoms. The Bertz CT molecular complexity index is 344. The van der Waals surface area contributed by atoms with E-state index in [0.29, 0.717) is 11.8 Å². The number of aliphatic hydroxyl groups excluding tert-OH is 1. The van der Waals surface area contributed by atoms with Crippen molar-refractivity contribution >= 4 is 11.8 Å². The quantitative estimate of drug-likeness (QED) is 0.692. The second-order valence-corrected chi connectivity index (χ2v) is 4.06. The zero-order chi connectivity index (χ0) is 10.8. The van der Waals surface area contributed by atoms with Crippen LogP contribution in [0.25, 0.3) is 0 Å². The monoisotopic (exact) mass is 208 g/mol. The maximum absolute atomic E-state index is 9.60. The molecule has 1 aromatic heterocycles. The first kappa shape index (κ1) is 10.2. The van der Waals surface area contributed by atoms with Crippen LogP contribution in [0.2, 0.25) is 0 Å². The smallest absolute Gasteiger partial charge is 0.227 e. The summed E-state index contributed by atoms with van der Waals surface area (Å²) in [5, 5.41) is 9.60. The normalized spacial score (nSPS) is 26.7. The lowest BCUT2D eigenvalue weighted by molar-refractivity contribution is 0.0966. The van der Waals surface area contributed by atoms with E-state index in [1.807, 2.05) is 6.92 Å². The van der Waals surface area contributed by atoms with Crippen molar-refractivity contribution in [1.29, 1.82) is 0 Å². The number of anilines is 2. The highest BCUT2D eigenvalue weighted by atomic mass is 16.3. The van der Waals surface area contributed by atoms with Crippen LogP contribution in [-0.2, 0) is 0 Å². The Kier molecular flexibility index (Phi) is 2.73. The van der Waals surface area contributed by atoms with Gasteiger partial charge >= 0.3 is 0 Å². The van der Waals surface area contributed by atoms with Gasteiger partial charge in [0.25, 0.3) is 0 Å². The number of rotatable bonds is 1. The molecule has 1 aliphatic rings. The van der Waals surface area contributed by atoms with E-state index >= 15 is 0 Å². The number of nitrogens with two attached hydrogens (primary N) is 1. The van der Waals surface area contributed by atoms with Crippen molar-refractivity contribution in [2.45, 2.75) is 19.4 Å². The molecular weight excluding hydrogens is 192 g/mol. The lowest BCUT2D eigenvalue weighted by atomic mass is 9.97. The van der Waals surface area contributed by atoms with Gasteiger partial charge in [-0.2, -0.15) is 4.98 Å². The average Bonchev–Trinajstić information content (AvgIpc) is 2.22. The highest BCUT2D eigenvalue weighted by molar-refractivity contribution is 5.38. The van der Waals surface area contributed by atoms with Crippen molar-refractivity contribution in [3.05, 3.63) is 12.3 Å². The van der Waals surface area contributed by atoms with E-state index < -0.39 is 0 Å². The minimum atomic E-state index is -0.206. The van der Waals surface area contributed by atoms with Crippen LogP contribution in [0.5, 0.6) is 0 Å². The molecule has 0 spiro atoms. The molecule has 5 nitrogen and oxygen atoms in total. The number of nitrogens with zero attached hydrogens (tertiary/aromatic N) is 3. The summed E-state index contributed by atoms with van der Waals surface area (Å²) < 4.78 is 0. The van der Waals surface area contributed by atoms with E-state index in [4.69, 9.17) is 5.73 Å². The molecule has 2 heterocycles. The summed E-state index contributed by atoms with van der Waals surface area (Å²) in [7, 11) is 0. The third kappa shape index (κ3) is 2.18. The predicted molar refractivity (Wildman–Crippen MR) is 58.4 cm³/mol. The lowest BCUT2D eigenvalue weighted by Crippen LogP contribution is -2.42. The SMILES string of the molecule is C[C@@H]1CN(c2nccc(N)n2)CC[C@H]1O. The largest absolute Gasteiger partial charge is 0.393 e. The van der Waals surface area contributed by atoms with Gasteiger partial charge in [0.2, 0.25) is 5.95 Å². The number of aliphatic hydroxyl groups is 1. The zero-order valence-electron chi connectivity index (χ0n) is 8.80. The van der Waals surface area contributed by atoms with Gasteiger partial charge in [-0.15, -0.1) is 0 Å². The maximum Gasteiger partial charge on any atom is 0.227 e. The number of aromatic nitrogens is 2. The molecule has 0 amide bonds. The van der Waals surface area contributed by atoms with E-state index in [1.165, 1.54) is 0 Å². The van der Waals surface area contributed by atoms with Crippen LogP contribution in [-0.4, -0.2) is 34.3 Å². The molecule has 1 fully saturated rings. The molecule has 3 N–H and O–H groups in total. The fourth-order valence-electron chi connectivity index (χ4n) is 1.83. The molecule has 0 bridgehead atoms. The van der Waals surface area contributed by atoms with Crippen molar-refractivity contribution in [3.8, 4) is 0 Å². The first-order chi connectivity index (χ1) is 7.16. The number of hydrogen-bond donors (Lipinski definition) is 2. The fraction of sp³-hybridized carbons (Fsp3) is 0.600. The molecule has 2 atom stereocenters. The molecule has 1 saturated heterocycles. The summed E-state index contributed by atoms with van der Waals surface area (Å²) in [6, 6.07) is 1.67. The molecule has 2 rings (SSSR count). The van der Waals surface area contributed by atoms with Crippen molar-refractivity contribution in [2.24, 2.45) is 5.92 Å². The molecule has 0 unspecified atom stereocenters. The topological polar surface area (TPSA) is 75.3 Å². The van der Waals surface area contributed by atoms with Gasteiger partial charge in [0.1, 0.15) is 5.82 Å². The van der Waals surface area contributed by atoms with Gasteiger partial charge in [0.15, 0.2) is 0 Å². The van der Waals surface area contributed by atoms with Crippen LogP contribution >= 0.6 is 0 Å². The summed E-state index contributed by atoms with van der Waals surface area (Å²) in [6.07, 6.45) is 2.22. The number of hydrogen-bond acceptors (Lipinski definition) is 5. The van der Waals surface area contributed by atoms with Gasteiger partial charge in [0.05, 0.1) is 6.10 Å². The molecular formula is C10H16N4O. The van der Waals surface area contributed by atoms with E-state index in [-0.39, 0.29) is 12.0 Å². The first-order valence-electron chi connectivity index (χ1n) is 5.18. The highest BCUT2D eigenvalue weighted by Crippen LogP contribution is 2.20. The van der Waals surface area contributed by atoms with Gasteiger partial charge in [-0.05, 0) is 18.4 Å². The Balaban J connectivity index is 2.12. The Labute approximate surface area is 88.9 Å². The van der Waals surface area contributed by atoms with Crippen LogP contribution in [0.3, 0.4) is 0 Å². The summed E-state index contributed by atoms with van der Waals surface area (Å²) in [5.74, 6) is 1.40. The summed E-state index contributed by atoms with van der Waals surface area (Å²) in [4.78, 5) is 10.4. The summed E-state index contributed by atoms with van der Waals surface area (Å²) in [5.41, 5.74) is 5.60. The van der Waals surface area contributed by atoms with E-state index in [0.717, 1.165) is 19.5 Å². The van der Waals surface area contributed by atoms with E-state index in [2.05, 4.69) is 14.9 Å². The molecule has 0 saturated carbocycles. The summed E-state index contributed by atoms with van der Waals surface area (Å²) in [6.45, 7) is 3.60. The maximum atomic E-state index is 9.60. The van der Waals surface area contributed by atoms with Crippen LogP contribution in [0.4, 0.5) is 11.8 Å². The molecule has 5 heteroatoms. The van der Waals surface area contributed by atoms with Crippen LogP contribution in [0, 0.1) is 5.92 Å². The Morgan fingerprint density at radius 1 is 1.60 bits per heavy atom. The van der Waals surface area contributed by atoms with E-state index in [9.17, 15) is 5.11 Å². The second kappa shape index (κ2) is 4.02. The Morgan fingerprint density at radius 3 is 3.07 bits per heavy atom. The van der Waals surface area contributed by atoms with Crippen molar-refractivity contribution < 1.29 is 5.11 Å². The third-order valence-electron chi connectivity index (χ3n) is 2.81. The molecule has 1 aromatic rings. The molecule has 1 aliphatic heterocycles. The van der Waals surface area contributed by atoms with Crippen LogP contribution < -0.4 is 10.6 Å². The Morgan fingerprint density at radius 2 is 2.40 bits per heavy atom. The van der Waals surface area contributed by atoms with Gasteiger partial charge in [-0.25, -0.2) is 4.98 Å². The number of piperidine rings is 1.